The maximum absolute atomic E-state index is 12.9. The third-order valence-electron chi connectivity index (χ3n) is 6.35. The van der Waals surface area contributed by atoms with Gasteiger partial charge >= 0.3 is 0 Å². The highest BCUT2D eigenvalue weighted by Gasteiger charge is 2.27. The number of nitrogens with zero attached hydrogens (tertiary/aromatic N) is 3. The van der Waals surface area contributed by atoms with E-state index in [0.717, 1.165) is 24.2 Å². The number of nitrogens with one attached hydrogen (secondary N) is 1. The van der Waals surface area contributed by atoms with E-state index >= 15 is 0 Å². The molecule has 2 aromatic rings. The van der Waals surface area contributed by atoms with Gasteiger partial charge in [-0.15, -0.1) is 0 Å². The number of sulfonamides is 1. The van der Waals surface area contributed by atoms with Gasteiger partial charge in [0.15, 0.2) is 0 Å². The molecule has 1 aliphatic heterocycles. The Morgan fingerprint density at radius 3 is 2.58 bits per heavy atom. The highest BCUT2D eigenvalue weighted by Crippen LogP contribution is 2.23. The van der Waals surface area contributed by atoms with E-state index in [2.05, 4.69) is 10.3 Å². The number of carbonyl (C=O) groups excluding carboxylic acids is 1. The van der Waals surface area contributed by atoms with Crippen LogP contribution in [0, 0.1) is 0 Å². The Hall–Kier alpha value is -1.97. The van der Waals surface area contributed by atoms with Gasteiger partial charge in [0.2, 0.25) is 15.9 Å². The van der Waals surface area contributed by atoms with E-state index in [0.29, 0.717) is 50.7 Å². The van der Waals surface area contributed by atoms with Gasteiger partial charge < -0.3 is 14.6 Å². The summed E-state index contributed by atoms with van der Waals surface area (Å²) in [6.45, 7) is 1.56. The predicted molar refractivity (Wildman–Crippen MR) is 118 cm³/mol. The van der Waals surface area contributed by atoms with E-state index in [1.54, 1.807) is 18.2 Å². The van der Waals surface area contributed by atoms with E-state index in [1.807, 2.05) is 11.6 Å². The van der Waals surface area contributed by atoms with Gasteiger partial charge in [-0.25, -0.2) is 13.4 Å². The summed E-state index contributed by atoms with van der Waals surface area (Å²) in [6, 6.07) is 5.36. The standard InChI is InChI=1S/C22H32N4O4S/c1-25-20-9-8-18(31(28,29)26-12-14-30-15-13-26)16-19(20)24-21(25)10-11-22(27)23-17-6-4-2-3-5-7-17/h8-9,16-17H,2-7,10-15H2,1H3,(H,23,27). The van der Waals surface area contributed by atoms with Crippen LogP contribution in [0.25, 0.3) is 11.0 Å². The average molecular weight is 449 g/mol. The van der Waals surface area contributed by atoms with Crippen molar-refractivity contribution in [3.05, 3.63) is 24.0 Å². The van der Waals surface area contributed by atoms with Crippen molar-refractivity contribution < 1.29 is 17.9 Å². The van der Waals surface area contributed by atoms with Crippen LogP contribution in [-0.4, -0.2) is 60.5 Å². The molecular weight excluding hydrogens is 416 g/mol. The second kappa shape index (κ2) is 9.67. The first kappa shape index (κ1) is 22.2. The van der Waals surface area contributed by atoms with Crippen LogP contribution in [0.3, 0.4) is 0 Å². The number of hydrogen-bond acceptors (Lipinski definition) is 5. The van der Waals surface area contributed by atoms with E-state index < -0.39 is 10.0 Å². The molecule has 1 aromatic carbocycles. The molecule has 4 rings (SSSR count). The van der Waals surface area contributed by atoms with E-state index in [1.165, 1.54) is 30.0 Å². The fourth-order valence-corrected chi connectivity index (χ4v) is 5.93. The summed E-state index contributed by atoms with van der Waals surface area (Å²) in [6.07, 6.45) is 7.93. The Kier molecular flexibility index (Phi) is 6.93. The monoisotopic (exact) mass is 448 g/mol. The molecule has 1 N–H and O–H groups in total. The zero-order chi connectivity index (χ0) is 21.8. The topological polar surface area (TPSA) is 93.5 Å². The lowest BCUT2D eigenvalue weighted by atomic mass is 10.1. The fraction of sp³-hybridized carbons (Fsp3) is 0.636. The summed E-state index contributed by atoms with van der Waals surface area (Å²) in [7, 11) is -1.66. The van der Waals surface area contributed by atoms with Crippen molar-refractivity contribution >= 4 is 27.0 Å². The predicted octanol–water partition coefficient (Wildman–Crippen LogP) is 2.37. The zero-order valence-electron chi connectivity index (χ0n) is 18.2. The third kappa shape index (κ3) is 5.10. The van der Waals surface area contributed by atoms with Crippen molar-refractivity contribution in [2.45, 2.75) is 62.3 Å². The van der Waals surface area contributed by atoms with Gasteiger partial charge in [-0.3, -0.25) is 4.79 Å². The van der Waals surface area contributed by atoms with Crippen LogP contribution < -0.4 is 5.32 Å². The SMILES string of the molecule is Cn1c(CCC(=O)NC2CCCCCC2)nc2cc(S(=O)(=O)N3CCOCC3)ccc21. The van der Waals surface area contributed by atoms with Crippen LogP contribution in [0.1, 0.15) is 50.8 Å². The minimum atomic E-state index is -3.56. The number of aromatic nitrogens is 2. The molecule has 2 fully saturated rings. The minimum Gasteiger partial charge on any atom is -0.379 e. The van der Waals surface area contributed by atoms with Gasteiger partial charge in [0, 0.05) is 39.0 Å². The van der Waals surface area contributed by atoms with Crippen LogP contribution >= 0.6 is 0 Å². The fourth-order valence-electron chi connectivity index (χ4n) is 4.50. The van der Waals surface area contributed by atoms with Crippen LogP contribution in [0.4, 0.5) is 0 Å². The molecule has 1 aliphatic carbocycles. The summed E-state index contributed by atoms with van der Waals surface area (Å²) >= 11 is 0. The maximum Gasteiger partial charge on any atom is 0.243 e. The number of imidazole rings is 1. The number of rotatable bonds is 6. The number of benzene rings is 1. The number of morpholine rings is 1. The number of fused-ring (bicyclic) bond motifs is 1. The molecule has 8 nitrogen and oxygen atoms in total. The average Bonchev–Trinajstić information content (AvgIpc) is 2.92. The molecule has 1 saturated heterocycles. The second-order valence-corrected chi connectivity index (χ2v) is 10.4. The lowest BCUT2D eigenvalue weighted by Gasteiger charge is -2.26. The summed E-state index contributed by atoms with van der Waals surface area (Å²) in [5.41, 5.74) is 1.50. The molecule has 0 bridgehead atoms. The molecule has 1 aromatic heterocycles. The Balaban J connectivity index is 1.44. The van der Waals surface area contributed by atoms with Crippen LogP contribution in [-0.2, 0) is 33.0 Å². The van der Waals surface area contributed by atoms with Gasteiger partial charge in [-0.1, -0.05) is 25.7 Å². The molecule has 0 atom stereocenters. The first-order valence-corrected chi connectivity index (χ1v) is 12.7. The van der Waals surface area contributed by atoms with E-state index in [9.17, 15) is 13.2 Å². The van der Waals surface area contributed by atoms with Gasteiger partial charge in [0.1, 0.15) is 5.82 Å². The largest absolute Gasteiger partial charge is 0.379 e. The Labute approximate surface area is 184 Å². The number of aryl methyl sites for hydroxylation is 2. The van der Waals surface area contributed by atoms with Crippen LogP contribution in [0.2, 0.25) is 0 Å². The Morgan fingerprint density at radius 2 is 1.87 bits per heavy atom. The first-order chi connectivity index (χ1) is 14.9. The minimum absolute atomic E-state index is 0.0644. The molecule has 2 heterocycles. The third-order valence-corrected chi connectivity index (χ3v) is 8.24. The van der Waals surface area contributed by atoms with Gasteiger partial charge in [-0.2, -0.15) is 4.31 Å². The number of hydrogen-bond donors (Lipinski definition) is 1. The number of carbonyl (C=O) groups is 1. The van der Waals surface area contributed by atoms with Gasteiger partial charge in [0.25, 0.3) is 0 Å². The van der Waals surface area contributed by atoms with Gasteiger partial charge in [-0.05, 0) is 31.0 Å². The molecule has 0 radical (unpaired) electrons. The number of ether oxygens (including phenoxy) is 1. The first-order valence-electron chi connectivity index (χ1n) is 11.3. The summed E-state index contributed by atoms with van der Waals surface area (Å²) in [4.78, 5) is 17.3. The van der Waals surface area contributed by atoms with Crippen molar-refractivity contribution in [2.24, 2.45) is 7.05 Å². The number of amides is 1. The van der Waals surface area contributed by atoms with E-state index in [-0.39, 0.29) is 10.8 Å². The maximum atomic E-state index is 12.9. The smallest absolute Gasteiger partial charge is 0.243 e. The quantitative estimate of drug-likeness (QED) is 0.685. The summed E-state index contributed by atoms with van der Waals surface area (Å²) < 4.78 is 34.5. The van der Waals surface area contributed by atoms with Crippen molar-refractivity contribution in [1.29, 1.82) is 0 Å². The molecule has 1 amide bonds. The van der Waals surface area contributed by atoms with Crippen molar-refractivity contribution in [1.82, 2.24) is 19.2 Å². The molecule has 2 aliphatic rings. The Morgan fingerprint density at radius 1 is 1.16 bits per heavy atom. The Bertz CT molecular complexity index is 1020. The van der Waals surface area contributed by atoms with Crippen molar-refractivity contribution in [3.8, 4) is 0 Å². The van der Waals surface area contributed by atoms with Gasteiger partial charge in [0.05, 0.1) is 29.1 Å². The van der Waals surface area contributed by atoms with E-state index in [4.69, 9.17) is 4.74 Å². The molecule has 170 valence electrons. The zero-order valence-corrected chi connectivity index (χ0v) is 19.0. The molecule has 1 saturated carbocycles. The molecule has 9 heteroatoms. The normalized spacial score (nSPS) is 19.4. The van der Waals surface area contributed by atoms with Crippen molar-refractivity contribution in [2.75, 3.05) is 26.3 Å². The molecule has 0 unspecified atom stereocenters. The second-order valence-electron chi connectivity index (χ2n) is 8.51. The lowest BCUT2D eigenvalue weighted by Crippen LogP contribution is -2.40. The van der Waals surface area contributed by atoms with Crippen LogP contribution in [0.5, 0.6) is 0 Å². The molecule has 31 heavy (non-hydrogen) atoms. The summed E-state index contributed by atoms with van der Waals surface area (Å²) in [5.74, 6) is 0.849. The molecular formula is C22H32N4O4S. The lowest BCUT2D eigenvalue weighted by molar-refractivity contribution is -0.121. The van der Waals surface area contributed by atoms with Crippen LogP contribution in [0.15, 0.2) is 23.1 Å². The molecule has 0 spiro atoms. The highest BCUT2D eigenvalue weighted by molar-refractivity contribution is 7.89. The highest BCUT2D eigenvalue weighted by atomic mass is 32.2. The van der Waals surface area contributed by atoms with Crippen molar-refractivity contribution in [3.63, 3.8) is 0 Å². The summed E-state index contributed by atoms with van der Waals surface area (Å²) in [5, 5.41) is 3.18.